The van der Waals surface area contributed by atoms with Gasteiger partial charge >= 0.3 is 0 Å². The summed E-state index contributed by atoms with van der Waals surface area (Å²) in [7, 11) is -2.81. The van der Waals surface area contributed by atoms with E-state index in [9.17, 15) is 8.42 Å². The molecule has 1 aliphatic rings. The van der Waals surface area contributed by atoms with Gasteiger partial charge in [0.1, 0.15) is 9.84 Å². The Bertz CT molecular complexity index is 277. The van der Waals surface area contributed by atoms with Crippen molar-refractivity contribution in [2.45, 2.75) is 25.8 Å². The Hall–Kier alpha value is -0.130. The highest BCUT2D eigenvalue weighted by Crippen LogP contribution is 2.08. The Kier molecular flexibility index (Phi) is 5.02. The monoisotopic (exact) mass is 234 g/mol. The van der Waals surface area contributed by atoms with Crippen molar-refractivity contribution in [2.24, 2.45) is 0 Å². The molecule has 0 aromatic carbocycles. The van der Waals surface area contributed by atoms with Gasteiger partial charge in [-0.3, -0.25) is 0 Å². The summed E-state index contributed by atoms with van der Waals surface area (Å²) in [5, 5.41) is 3.47. The predicted molar refractivity (Wildman–Crippen MR) is 62.8 cm³/mol. The van der Waals surface area contributed by atoms with Crippen LogP contribution in [0.15, 0.2) is 0 Å². The van der Waals surface area contributed by atoms with Crippen molar-refractivity contribution in [1.29, 1.82) is 0 Å². The van der Waals surface area contributed by atoms with Crippen LogP contribution in [0.5, 0.6) is 0 Å². The summed E-state index contributed by atoms with van der Waals surface area (Å²) in [6, 6.07) is 0.560. The number of likely N-dealkylation sites (tertiary alicyclic amines) is 1. The van der Waals surface area contributed by atoms with E-state index in [1.165, 1.54) is 6.26 Å². The van der Waals surface area contributed by atoms with E-state index in [4.69, 9.17) is 0 Å². The first-order valence-electron chi connectivity index (χ1n) is 5.64. The summed E-state index contributed by atoms with van der Waals surface area (Å²) in [4.78, 5) is 2.23. The van der Waals surface area contributed by atoms with Crippen LogP contribution in [0, 0.1) is 0 Å². The molecule has 1 N–H and O–H groups in total. The van der Waals surface area contributed by atoms with Crippen molar-refractivity contribution in [3.8, 4) is 0 Å². The highest BCUT2D eigenvalue weighted by molar-refractivity contribution is 7.90. The lowest BCUT2D eigenvalue weighted by Crippen LogP contribution is -2.34. The molecule has 1 saturated heterocycles. The molecular formula is C10H22N2O2S. The van der Waals surface area contributed by atoms with Gasteiger partial charge in [-0.25, -0.2) is 8.42 Å². The van der Waals surface area contributed by atoms with E-state index in [1.807, 2.05) is 0 Å². The number of rotatable bonds is 6. The molecule has 0 saturated carbocycles. The third kappa shape index (κ3) is 5.49. The van der Waals surface area contributed by atoms with Crippen molar-refractivity contribution in [3.05, 3.63) is 0 Å². The lowest BCUT2D eigenvalue weighted by atomic mass is 10.2. The maximum atomic E-state index is 11.0. The van der Waals surface area contributed by atoms with E-state index in [1.54, 1.807) is 0 Å². The molecule has 0 spiro atoms. The molecule has 5 heteroatoms. The van der Waals surface area contributed by atoms with Gasteiger partial charge in [-0.2, -0.15) is 0 Å². The molecule has 0 bridgehead atoms. The predicted octanol–water partition coefficient (Wildman–Crippen LogP) is 0.105. The van der Waals surface area contributed by atoms with Crippen LogP contribution in [0.2, 0.25) is 0 Å². The maximum absolute atomic E-state index is 11.0. The number of hydrogen-bond donors (Lipinski definition) is 1. The average molecular weight is 234 g/mol. The summed E-state index contributed by atoms with van der Waals surface area (Å²) in [5.74, 6) is 0.285. The van der Waals surface area contributed by atoms with E-state index in [-0.39, 0.29) is 5.75 Å². The zero-order valence-corrected chi connectivity index (χ0v) is 10.5. The van der Waals surface area contributed by atoms with Gasteiger partial charge in [0.15, 0.2) is 0 Å². The summed E-state index contributed by atoms with van der Waals surface area (Å²) >= 11 is 0. The van der Waals surface area contributed by atoms with Crippen LogP contribution >= 0.6 is 0 Å². The molecule has 1 rings (SSSR count). The van der Waals surface area contributed by atoms with Crippen LogP contribution in [0.4, 0.5) is 0 Å². The second kappa shape index (κ2) is 5.82. The Balaban J connectivity index is 2.19. The standard InChI is InChI=1S/C10H22N2O2S/c1-3-5-11-10-4-6-12(9-10)7-8-15(2,13)14/h10-11H,3-9H2,1-2H3. The van der Waals surface area contributed by atoms with E-state index in [0.29, 0.717) is 12.6 Å². The summed E-state index contributed by atoms with van der Waals surface area (Å²) in [6.07, 6.45) is 3.60. The van der Waals surface area contributed by atoms with Crippen molar-refractivity contribution in [1.82, 2.24) is 10.2 Å². The first-order valence-corrected chi connectivity index (χ1v) is 7.71. The van der Waals surface area contributed by atoms with Gasteiger partial charge in [-0.05, 0) is 25.9 Å². The third-order valence-electron chi connectivity index (χ3n) is 2.73. The van der Waals surface area contributed by atoms with E-state index in [2.05, 4.69) is 17.1 Å². The van der Waals surface area contributed by atoms with Crippen LogP contribution in [0.1, 0.15) is 19.8 Å². The number of sulfone groups is 1. The molecule has 90 valence electrons. The molecule has 1 heterocycles. The molecule has 15 heavy (non-hydrogen) atoms. The van der Waals surface area contributed by atoms with Gasteiger partial charge < -0.3 is 10.2 Å². The van der Waals surface area contributed by atoms with Gasteiger partial charge in [0.2, 0.25) is 0 Å². The summed E-state index contributed by atoms with van der Waals surface area (Å²) < 4.78 is 22.0. The molecule has 0 aromatic heterocycles. The Morgan fingerprint density at radius 1 is 1.47 bits per heavy atom. The fourth-order valence-corrected chi connectivity index (χ4v) is 2.44. The largest absolute Gasteiger partial charge is 0.313 e. The fraction of sp³-hybridized carbons (Fsp3) is 1.00. The van der Waals surface area contributed by atoms with Crippen molar-refractivity contribution >= 4 is 9.84 Å². The van der Waals surface area contributed by atoms with E-state index >= 15 is 0 Å². The second-order valence-electron chi connectivity index (χ2n) is 4.37. The Morgan fingerprint density at radius 3 is 2.80 bits per heavy atom. The van der Waals surface area contributed by atoms with Gasteiger partial charge in [-0.15, -0.1) is 0 Å². The normalized spacial score (nSPS) is 23.5. The number of nitrogens with one attached hydrogen (secondary N) is 1. The SMILES string of the molecule is CCCNC1CCN(CCS(C)(=O)=O)C1. The minimum Gasteiger partial charge on any atom is -0.313 e. The summed E-state index contributed by atoms with van der Waals surface area (Å²) in [6.45, 7) is 5.92. The molecule has 0 aliphatic carbocycles. The molecule has 0 aromatic rings. The molecule has 1 fully saturated rings. The minimum atomic E-state index is -2.81. The Labute approximate surface area is 93.0 Å². The molecule has 1 aliphatic heterocycles. The average Bonchev–Trinajstić information content (AvgIpc) is 2.58. The number of hydrogen-bond acceptors (Lipinski definition) is 4. The van der Waals surface area contributed by atoms with E-state index in [0.717, 1.165) is 32.5 Å². The molecular weight excluding hydrogens is 212 g/mol. The number of nitrogens with zero attached hydrogens (tertiary/aromatic N) is 1. The van der Waals surface area contributed by atoms with Crippen LogP contribution in [0.25, 0.3) is 0 Å². The quantitative estimate of drug-likeness (QED) is 0.708. The van der Waals surface area contributed by atoms with Crippen LogP contribution in [-0.2, 0) is 9.84 Å². The van der Waals surface area contributed by atoms with Crippen molar-refractivity contribution in [2.75, 3.05) is 38.2 Å². The van der Waals surface area contributed by atoms with Crippen LogP contribution in [-0.4, -0.2) is 57.5 Å². The van der Waals surface area contributed by atoms with Crippen LogP contribution in [0.3, 0.4) is 0 Å². The molecule has 0 radical (unpaired) electrons. The zero-order chi connectivity index (χ0) is 11.3. The Morgan fingerprint density at radius 2 is 2.20 bits per heavy atom. The fourth-order valence-electron chi connectivity index (χ4n) is 1.85. The van der Waals surface area contributed by atoms with E-state index < -0.39 is 9.84 Å². The first-order chi connectivity index (χ1) is 7.01. The molecule has 0 amide bonds. The van der Waals surface area contributed by atoms with Crippen molar-refractivity contribution < 1.29 is 8.42 Å². The zero-order valence-electron chi connectivity index (χ0n) is 9.70. The molecule has 4 nitrogen and oxygen atoms in total. The summed E-state index contributed by atoms with van der Waals surface area (Å²) in [5.41, 5.74) is 0. The lowest BCUT2D eigenvalue weighted by Gasteiger charge is -2.15. The minimum absolute atomic E-state index is 0.285. The maximum Gasteiger partial charge on any atom is 0.148 e. The lowest BCUT2D eigenvalue weighted by molar-refractivity contribution is 0.346. The highest BCUT2D eigenvalue weighted by Gasteiger charge is 2.21. The second-order valence-corrected chi connectivity index (χ2v) is 6.63. The topological polar surface area (TPSA) is 49.4 Å². The molecule has 1 atom stereocenters. The molecule has 1 unspecified atom stereocenters. The van der Waals surface area contributed by atoms with Gasteiger partial charge in [0.25, 0.3) is 0 Å². The van der Waals surface area contributed by atoms with Crippen molar-refractivity contribution in [3.63, 3.8) is 0 Å². The smallest absolute Gasteiger partial charge is 0.148 e. The first kappa shape index (κ1) is 12.9. The third-order valence-corrected chi connectivity index (χ3v) is 3.66. The van der Waals surface area contributed by atoms with Crippen LogP contribution < -0.4 is 5.32 Å². The highest BCUT2D eigenvalue weighted by atomic mass is 32.2. The van der Waals surface area contributed by atoms with Gasteiger partial charge in [-0.1, -0.05) is 6.92 Å². The van der Waals surface area contributed by atoms with Gasteiger partial charge in [0.05, 0.1) is 5.75 Å². The van der Waals surface area contributed by atoms with Gasteiger partial charge in [0, 0.05) is 25.4 Å².